The number of rotatable bonds is 5. The molecule has 57 heavy (non-hydrogen) atoms. The summed E-state index contributed by atoms with van der Waals surface area (Å²) < 4.78 is 4.63. The minimum Gasteiger partial charge on any atom is -0.354 e. The van der Waals surface area contributed by atoms with Gasteiger partial charge in [-0.2, -0.15) is 9.97 Å². The number of benzene rings is 8. The average molecular weight is 729 g/mol. The van der Waals surface area contributed by atoms with Crippen LogP contribution in [0.1, 0.15) is 0 Å². The van der Waals surface area contributed by atoms with Crippen molar-refractivity contribution in [1.29, 1.82) is 0 Å². The monoisotopic (exact) mass is 728 g/mol. The number of aromatic nitrogens is 6. The van der Waals surface area contributed by atoms with Crippen molar-refractivity contribution in [3.05, 3.63) is 188 Å². The molecular weight excluding hydrogens is 697 g/mol. The molecule has 6 heteroatoms. The van der Waals surface area contributed by atoms with Crippen LogP contribution >= 0.6 is 0 Å². The summed E-state index contributed by atoms with van der Waals surface area (Å²) in [7, 11) is 0. The van der Waals surface area contributed by atoms with E-state index in [1.807, 2.05) is 18.2 Å². The number of nitrogens with zero attached hydrogens (tertiary/aromatic N) is 5. The SMILES string of the molecule is c1ccc(-c2ccc(-n3c4ccccc4c4c3ccc3c5ccccc5n(-c5nc(-c6ccccc6)nc(-c6ccc7c(c6)[nH]c6ccccc67)n5)c34)cc2)cc1. The highest BCUT2D eigenvalue weighted by Crippen LogP contribution is 2.42. The lowest BCUT2D eigenvalue weighted by Gasteiger charge is -2.12. The van der Waals surface area contributed by atoms with Gasteiger partial charge in [0.15, 0.2) is 11.6 Å². The molecule has 1 N–H and O–H groups in total. The number of H-pyrrole nitrogens is 1. The zero-order valence-corrected chi connectivity index (χ0v) is 30.6. The number of aromatic amines is 1. The van der Waals surface area contributed by atoms with Gasteiger partial charge in [0.25, 0.3) is 0 Å². The summed E-state index contributed by atoms with van der Waals surface area (Å²) in [6, 6.07) is 66.3. The summed E-state index contributed by atoms with van der Waals surface area (Å²) in [6.07, 6.45) is 0. The zero-order valence-electron chi connectivity index (χ0n) is 30.6. The third-order valence-corrected chi connectivity index (χ3v) is 11.3. The molecule has 8 aromatic carbocycles. The molecule has 0 aliphatic carbocycles. The lowest BCUT2D eigenvalue weighted by Crippen LogP contribution is -2.06. The van der Waals surface area contributed by atoms with E-state index in [2.05, 4.69) is 184 Å². The van der Waals surface area contributed by atoms with E-state index >= 15 is 0 Å². The van der Waals surface area contributed by atoms with E-state index in [-0.39, 0.29) is 0 Å². The first-order valence-electron chi connectivity index (χ1n) is 19.2. The fraction of sp³-hybridized carbons (Fsp3) is 0. The maximum atomic E-state index is 5.34. The second-order valence-electron chi connectivity index (χ2n) is 14.6. The molecule has 0 saturated heterocycles. The molecule has 266 valence electrons. The van der Waals surface area contributed by atoms with Crippen LogP contribution in [0, 0.1) is 0 Å². The van der Waals surface area contributed by atoms with E-state index in [0.717, 1.165) is 71.5 Å². The van der Waals surface area contributed by atoms with Gasteiger partial charge < -0.3 is 9.55 Å². The van der Waals surface area contributed by atoms with Crippen LogP contribution < -0.4 is 0 Å². The maximum Gasteiger partial charge on any atom is 0.238 e. The van der Waals surface area contributed by atoms with Gasteiger partial charge in [-0.1, -0.05) is 146 Å². The van der Waals surface area contributed by atoms with E-state index in [1.54, 1.807) is 0 Å². The first kappa shape index (κ1) is 31.5. The molecule has 12 rings (SSSR count). The fourth-order valence-electron chi connectivity index (χ4n) is 8.73. The minimum atomic E-state index is 0.568. The molecule has 0 fully saturated rings. The summed E-state index contributed by atoms with van der Waals surface area (Å²) in [5.74, 6) is 1.79. The predicted molar refractivity (Wildman–Crippen MR) is 234 cm³/mol. The number of hydrogen-bond acceptors (Lipinski definition) is 3. The van der Waals surface area contributed by atoms with E-state index < -0.39 is 0 Å². The van der Waals surface area contributed by atoms with E-state index in [0.29, 0.717) is 17.6 Å². The molecule has 12 aromatic rings. The molecule has 0 radical (unpaired) electrons. The van der Waals surface area contributed by atoms with Crippen molar-refractivity contribution in [2.75, 3.05) is 0 Å². The van der Waals surface area contributed by atoms with Crippen LogP contribution in [-0.4, -0.2) is 29.1 Å². The molecule has 0 spiro atoms. The molecule has 0 amide bonds. The van der Waals surface area contributed by atoms with Crippen LogP contribution in [0.5, 0.6) is 0 Å². The number of nitrogens with one attached hydrogen (secondary N) is 1. The van der Waals surface area contributed by atoms with Crippen LogP contribution in [0.15, 0.2) is 188 Å². The predicted octanol–water partition coefficient (Wildman–Crippen LogP) is 12.7. The summed E-state index contributed by atoms with van der Waals surface area (Å²) in [5.41, 5.74) is 11.8. The highest BCUT2D eigenvalue weighted by molar-refractivity contribution is 6.26. The molecule has 4 heterocycles. The molecule has 4 aromatic heterocycles. The first-order valence-corrected chi connectivity index (χ1v) is 19.2. The molecule has 0 atom stereocenters. The molecule has 0 unspecified atom stereocenters. The van der Waals surface area contributed by atoms with Gasteiger partial charge in [-0.15, -0.1) is 0 Å². The van der Waals surface area contributed by atoms with Gasteiger partial charge >= 0.3 is 0 Å². The zero-order chi connectivity index (χ0) is 37.5. The Hall–Kier alpha value is -7.83. The van der Waals surface area contributed by atoms with Gasteiger partial charge in [-0.3, -0.25) is 4.57 Å². The molecule has 0 aliphatic heterocycles. The third-order valence-electron chi connectivity index (χ3n) is 11.3. The van der Waals surface area contributed by atoms with E-state index in [1.165, 1.54) is 21.9 Å². The second-order valence-corrected chi connectivity index (χ2v) is 14.6. The van der Waals surface area contributed by atoms with E-state index in [4.69, 9.17) is 15.0 Å². The Morgan fingerprint density at radius 2 is 0.912 bits per heavy atom. The molecular formula is C51H32N6. The topological polar surface area (TPSA) is 64.3 Å². The Balaban J connectivity index is 1.14. The normalized spacial score (nSPS) is 11.9. The Morgan fingerprint density at radius 3 is 1.68 bits per heavy atom. The van der Waals surface area contributed by atoms with Crippen molar-refractivity contribution in [3.63, 3.8) is 0 Å². The van der Waals surface area contributed by atoms with Crippen molar-refractivity contribution in [2.24, 2.45) is 0 Å². The fourth-order valence-corrected chi connectivity index (χ4v) is 8.73. The first-order chi connectivity index (χ1) is 28.3. The van der Waals surface area contributed by atoms with Crippen molar-refractivity contribution in [3.8, 4) is 45.5 Å². The highest BCUT2D eigenvalue weighted by Gasteiger charge is 2.23. The van der Waals surface area contributed by atoms with E-state index in [9.17, 15) is 0 Å². The lowest BCUT2D eigenvalue weighted by molar-refractivity contribution is 0.955. The number of fused-ring (bicyclic) bond motifs is 10. The second kappa shape index (κ2) is 12.3. The Labute approximate surface area is 327 Å². The lowest BCUT2D eigenvalue weighted by atomic mass is 10.1. The van der Waals surface area contributed by atoms with Crippen LogP contribution in [-0.2, 0) is 0 Å². The van der Waals surface area contributed by atoms with Gasteiger partial charge in [0, 0.05) is 60.2 Å². The summed E-state index contributed by atoms with van der Waals surface area (Å²) >= 11 is 0. The van der Waals surface area contributed by atoms with Gasteiger partial charge in [0.2, 0.25) is 5.95 Å². The van der Waals surface area contributed by atoms with Gasteiger partial charge in [-0.25, -0.2) is 4.98 Å². The standard InChI is InChI=1S/C51H32N6/c1-3-13-32(14-4-1)33-23-26-36(27-24-33)56-45-22-12-9-19-41(45)47-46(56)30-29-40-39-18-8-11-21-44(39)57(48(40)47)51-54-49(34-15-5-2-6-16-34)53-50(55-51)35-25-28-38-37-17-7-10-20-42(37)52-43(38)31-35/h1-31,52H. The van der Waals surface area contributed by atoms with Crippen LogP contribution in [0.2, 0.25) is 0 Å². The third kappa shape index (κ3) is 4.87. The number of hydrogen-bond donors (Lipinski definition) is 1. The van der Waals surface area contributed by atoms with Crippen molar-refractivity contribution < 1.29 is 0 Å². The van der Waals surface area contributed by atoms with Gasteiger partial charge in [0.05, 0.1) is 22.1 Å². The summed E-state index contributed by atoms with van der Waals surface area (Å²) in [4.78, 5) is 19.4. The van der Waals surface area contributed by atoms with Crippen LogP contribution in [0.3, 0.4) is 0 Å². The molecule has 6 nitrogen and oxygen atoms in total. The van der Waals surface area contributed by atoms with Crippen molar-refractivity contribution >= 4 is 65.4 Å². The van der Waals surface area contributed by atoms with Crippen LogP contribution in [0.25, 0.3) is 111 Å². The summed E-state index contributed by atoms with van der Waals surface area (Å²) in [6.45, 7) is 0. The number of para-hydroxylation sites is 3. The molecule has 0 saturated carbocycles. The van der Waals surface area contributed by atoms with Crippen LogP contribution in [0.4, 0.5) is 0 Å². The summed E-state index contributed by atoms with van der Waals surface area (Å²) in [5, 5.41) is 6.96. The van der Waals surface area contributed by atoms with Gasteiger partial charge in [0.1, 0.15) is 0 Å². The van der Waals surface area contributed by atoms with Gasteiger partial charge in [-0.05, 0) is 53.6 Å². The quantitative estimate of drug-likeness (QED) is 0.192. The Morgan fingerprint density at radius 1 is 0.351 bits per heavy atom. The average Bonchev–Trinajstić information content (AvgIpc) is 3.94. The minimum absolute atomic E-state index is 0.568. The Bertz CT molecular complexity index is 3500. The molecule has 0 aliphatic rings. The molecule has 0 bridgehead atoms. The Kier molecular flexibility index (Phi) is 6.83. The highest BCUT2D eigenvalue weighted by atomic mass is 15.2. The smallest absolute Gasteiger partial charge is 0.238 e. The maximum absolute atomic E-state index is 5.34. The van der Waals surface area contributed by atoms with Crippen molar-refractivity contribution in [2.45, 2.75) is 0 Å². The van der Waals surface area contributed by atoms with Crippen molar-refractivity contribution in [1.82, 2.24) is 29.1 Å². The largest absolute Gasteiger partial charge is 0.354 e.